The van der Waals surface area contributed by atoms with Crippen LogP contribution in [-0.2, 0) is 11.3 Å². The Bertz CT molecular complexity index is 615. The highest BCUT2D eigenvalue weighted by Gasteiger charge is 2.30. The van der Waals surface area contributed by atoms with E-state index in [4.69, 9.17) is 0 Å². The molecule has 0 bridgehead atoms. The lowest BCUT2D eigenvalue weighted by Gasteiger charge is -2.11. The van der Waals surface area contributed by atoms with Crippen molar-refractivity contribution in [1.29, 1.82) is 0 Å². The fourth-order valence-corrected chi connectivity index (χ4v) is 2.16. The topological polar surface area (TPSA) is 54.0 Å². The van der Waals surface area contributed by atoms with Gasteiger partial charge in [0.2, 0.25) is 5.91 Å². The fraction of sp³-hybridized carbons (Fsp3) is 0.143. The van der Waals surface area contributed by atoms with Crippen molar-refractivity contribution < 1.29 is 9.18 Å². The Morgan fingerprint density at radius 3 is 2.84 bits per heavy atom. The van der Waals surface area contributed by atoms with Gasteiger partial charge in [0.1, 0.15) is 11.9 Å². The minimum atomic E-state index is -0.515. The zero-order valence-electron chi connectivity index (χ0n) is 10.1. The van der Waals surface area contributed by atoms with Gasteiger partial charge in [-0.3, -0.25) is 15.1 Å². The second-order valence-corrected chi connectivity index (χ2v) is 4.39. The number of fused-ring (bicyclic) bond motifs is 1. The third kappa shape index (κ3) is 2.32. The number of halogens is 1. The maximum Gasteiger partial charge on any atom is 0.246 e. The van der Waals surface area contributed by atoms with E-state index in [-0.39, 0.29) is 11.7 Å². The molecule has 2 aromatic rings. The zero-order valence-corrected chi connectivity index (χ0v) is 10.1. The van der Waals surface area contributed by atoms with Crippen molar-refractivity contribution in [2.45, 2.75) is 12.6 Å². The Hall–Kier alpha value is -2.27. The maximum absolute atomic E-state index is 13.3. The molecular weight excluding hydrogens is 245 g/mol. The summed E-state index contributed by atoms with van der Waals surface area (Å²) in [5, 5.41) is 5.86. The van der Waals surface area contributed by atoms with Gasteiger partial charge in [-0.15, -0.1) is 0 Å². The van der Waals surface area contributed by atoms with Crippen molar-refractivity contribution in [3.8, 4) is 0 Å². The van der Waals surface area contributed by atoms with Crippen molar-refractivity contribution in [3.05, 3.63) is 59.7 Å². The van der Waals surface area contributed by atoms with Gasteiger partial charge in [-0.2, -0.15) is 0 Å². The fourth-order valence-electron chi connectivity index (χ4n) is 2.16. The molecule has 1 amide bonds. The SMILES string of the molecule is O=C1Nc2ccc(F)cc2C1NCc1ccncc1. The molecule has 3 rings (SSSR count). The van der Waals surface area contributed by atoms with E-state index in [1.165, 1.54) is 12.1 Å². The molecule has 1 atom stereocenters. The molecule has 0 aliphatic carbocycles. The largest absolute Gasteiger partial charge is 0.324 e. The number of nitrogens with zero attached hydrogens (tertiary/aromatic N) is 1. The van der Waals surface area contributed by atoms with Gasteiger partial charge in [0.25, 0.3) is 0 Å². The molecule has 2 N–H and O–H groups in total. The molecule has 2 heterocycles. The highest BCUT2D eigenvalue weighted by molar-refractivity contribution is 6.02. The van der Waals surface area contributed by atoms with E-state index in [1.807, 2.05) is 12.1 Å². The number of pyridine rings is 1. The minimum Gasteiger partial charge on any atom is -0.324 e. The average Bonchev–Trinajstić information content (AvgIpc) is 2.73. The summed E-state index contributed by atoms with van der Waals surface area (Å²) in [6, 6.07) is 7.52. The number of nitrogens with one attached hydrogen (secondary N) is 2. The van der Waals surface area contributed by atoms with Crippen LogP contribution in [0.2, 0.25) is 0 Å². The van der Waals surface area contributed by atoms with Crippen molar-refractivity contribution in [2.24, 2.45) is 0 Å². The van der Waals surface area contributed by atoms with Crippen LogP contribution in [0.1, 0.15) is 17.2 Å². The van der Waals surface area contributed by atoms with Crippen LogP contribution < -0.4 is 10.6 Å². The van der Waals surface area contributed by atoms with Gasteiger partial charge in [0.05, 0.1) is 0 Å². The Labute approximate surface area is 109 Å². The van der Waals surface area contributed by atoms with Crippen molar-refractivity contribution >= 4 is 11.6 Å². The van der Waals surface area contributed by atoms with Crippen LogP contribution in [0.5, 0.6) is 0 Å². The summed E-state index contributed by atoms with van der Waals surface area (Å²) >= 11 is 0. The maximum atomic E-state index is 13.3. The third-order valence-corrected chi connectivity index (χ3v) is 3.10. The first-order valence-electron chi connectivity index (χ1n) is 5.96. The number of carbonyl (C=O) groups is 1. The quantitative estimate of drug-likeness (QED) is 0.884. The number of amides is 1. The molecule has 19 heavy (non-hydrogen) atoms. The van der Waals surface area contributed by atoms with Gasteiger partial charge >= 0.3 is 0 Å². The highest BCUT2D eigenvalue weighted by atomic mass is 19.1. The number of aromatic nitrogens is 1. The van der Waals surface area contributed by atoms with Gasteiger partial charge in [-0.25, -0.2) is 4.39 Å². The Morgan fingerprint density at radius 1 is 1.26 bits per heavy atom. The zero-order chi connectivity index (χ0) is 13.2. The molecule has 0 saturated heterocycles. The lowest BCUT2D eigenvalue weighted by atomic mass is 10.1. The first-order valence-corrected chi connectivity index (χ1v) is 5.96. The summed E-state index contributed by atoms with van der Waals surface area (Å²) < 4.78 is 13.3. The van der Waals surface area contributed by atoms with Crippen LogP contribution in [-0.4, -0.2) is 10.9 Å². The summed E-state index contributed by atoms with van der Waals surface area (Å²) in [5.74, 6) is -0.499. The van der Waals surface area contributed by atoms with Gasteiger partial charge in [0.15, 0.2) is 0 Å². The number of carbonyl (C=O) groups excluding carboxylic acids is 1. The number of rotatable bonds is 3. The second-order valence-electron chi connectivity index (χ2n) is 4.39. The van der Waals surface area contributed by atoms with Gasteiger partial charge in [-0.1, -0.05) is 0 Å². The van der Waals surface area contributed by atoms with E-state index in [2.05, 4.69) is 15.6 Å². The molecule has 0 fully saturated rings. The van der Waals surface area contributed by atoms with E-state index < -0.39 is 6.04 Å². The van der Waals surface area contributed by atoms with E-state index >= 15 is 0 Å². The molecule has 5 heteroatoms. The molecule has 0 radical (unpaired) electrons. The molecule has 1 unspecified atom stereocenters. The molecule has 1 aromatic heterocycles. The van der Waals surface area contributed by atoms with Crippen LogP contribution >= 0.6 is 0 Å². The molecule has 1 aromatic carbocycles. The van der Waals surface area contributed by atoms with E-state index in [0.29, 0.717) is 17.8 Å². The van der Waals surface area contributed by atoms with Crippen LogP contribution in [0.25, 0.3) is 0 Å². The van der Waals surface area contributed by atoms with Crippen LogP contribution in [0, 0.1) is 5.82 Å². The van der Waals surface area contributed by atoms with Gasteiger partial charge in [0, 0.05) is 30.2 Å². The number of anilines is 1. The van der Waals surface area contributed by atoms with Crippen molar-refractivity contribution in [2.75, 3.05) is 5.32 Å². The first kappa shape index (κ1) is 11.8. The predicted octanol–water partition coefficient (Wildman–Crippen LogP) is 2.00. The smallest absolute Gasteiger partial charge is 0.246 e. The molecule has 0 saturated carbocycles. The number of hydrogen-bond donors (Lipinski definition) is 2. The third-order valence-electron chi connectivity index (χ3n) is 3.10. The molecule has 4 nitrogen and oxygen atoms in total. The first-order chi connectivity index (χ1) is 9.24. The van der Waals surface area contributed by atoms with Crippen LogP contribution in [0.15, 0.2) is 42.7 Å². The summed E-state index contributed by atoms with van der Waals surface area (Å²) in [6.07, 6.45) is 3.39. The molecule has 0 spiro atoms. The summed E-state index contributed by atoms with van der Waals surface area (Å²) in [6.45, 7) is 0.524. The lowest BCUT2D eigenvalue weighted by Crippen LogP contribution is -2.27. The molecule has 1 aliphatic rings. The number of hydrogen-bond acceptors (Lipinski definition) is 3. The van der Waals surface area contributed by atoms with Gasteiger partial charge < -0.3 is 5.32 Å². The summed E-state index contributed by atoms with van der Waals surface area (Å²) in [5.41, 5.74) is 2.34. The van der Waals surface area contributed by atoms with Crippen molar-refractivity contribution in [1.82, 2.24) is 10.3 Å². The van der Waals surface area contributed by atoms with E-state index in [9.17, 15) is 9.18 Å². The lowest BCUT2D eigenvalue weighted by molar-refractivity contribution is -0.117. The van der Waals surface area contributed by atoms with Crippen LogP contribution in [0.4, 0.5) is 10.1 Å². The Balaban J connectivity index is 1.79. The molecule has 1 aliphatic heterocycles. The highest BCUT2D eigenvalue weighted by Crippen LogP contribution is 2.31. The standard InChI is InChI=1S/C14H12FN3O/c15-10-1-2-12-11(7-10)13(14(19)18-12)17-8-9-3-5-16-6-4-9/h1-7,13,17H,8H2,(H,18,19). The van der Waals surface area contributed by atoms with Crippen molar-refractivity contribution in [3.63, 3.8) is 0 Å². The summed E-state index contributed by atoms with van der Waals surface area (Å²) in [4.78, 5) is 15.8. The van der Waals surface area contributed by atoms with Crippen LogP contribution in [0.3, 0.4) is 0 Å². The predicted molar refractivity (Wildman–Crippen MR) is 68.8 cm³/mol. The Morgan fingerprint density at radius 2 is 2.05 bits per heavy atom. The Kier molecular flexibility index (Phi) is 2.97. The van der Waals surface area contributed by atoms with Gasteiger partial charge in [-0.05, 0) is 35.9 Å². The normalized spacial score (nSPS) is 17.1. The monoisotopic (exact) mass is 257 g/mol. The number of benzene rings is 1. The minimum absolute atomic E-state index is 0.158. The van der Waals surface area contributed by atoms with E-state index in [1.54, 1.807) is 18.5 Å². The summed E-state index contributed by atoms with van der Waals surface area (Å²) in [7, 11) is 0. The molecule has 96 valence electrons. The second kappa shape index (κ2) is 4.78. The molecular formula is C14H12FN3O. The average molecular weight is 257 g/mol. The van der Waals surface area contributed by atoms with E-state index in [0.717, 1.165) is 5.56 Å².